The van der Waals surface area contributed by atoms with Crippen molar-refractivity contribution in [1.82, 2.24) is 4.57 Å². The number of nitrogens with zero attached hydrogens (tertiary/aromatic N) is 1. The van der Waals surface area contributed by atoms with Gasteiger partial charge in [0.15, 0.2) is 5.58 Å². The fraction of sp³-hybridized carbons (Fsp3) is 0.462. The van der Waals surface area contributed by atoms with Crippen LogP contribution in [0.4, 0.5) is 0 Å². The maximum atomic E-state index is 11.7. The third-order valence-corrected chi connectivity index (χ3v) is 4.29. The minimum atomic E-state index is -0.340. The van der Waals surface area contributed by atoms with Crippen molar-refractivity contribution in [1.29, 1.82) is 0 Å². The molecule has 0 aliphatic carbocycles. The summed E-state index contributed by atoms with van der Waals surface area (Å²) in [6, 6.07) is 7.40. The van der Waals surface area contributed by atoms with Gasteiger partial charge in [0.25, 0.3) is 0 Å². The lowest BCUT2D eigenvalue weighted by atomic mass is 10.3. The third-order valence-electron chi connectivity index (χ3n) is 2.95. The molecule has 0 saturated carbocycles. The highest BCUT2D eigenvalue weighted by Crippen LogP contribution is 2.16. The molecule has 0 aliphatic heterocycles. The minimum Gasteiger partial charge on any atom is -0.408 e. The SMILES string of the molecule is CC(O)C(C)SCCn1c(=O)oc2ccccc21. The van der Waals surface area contributed by atoms with Crippen molar-refractivity contribution >= 4 is 22.9 Å². The Morgan fingerprint density at radius 1 is 1.39 bits per heavy atom. The van der Waals surface area contributed by atoms with Crippen molar-refractivity contribution in [2.75, 3.05) is 5.75 Å². The van der Waals surface area contributed by atoms with E-state index in [2.05, 4.69) is 0 Å². The van der Waals surface area contributed by atoms with Crippen LogP contribution in [0.25, 0.3) is 11.1 Å². The van der Waals surface area contributed by atoms with Crippen LogP contribution in [0.15, 0.2) is 33.5 Å². The Labute approximate surface area is 110 Å². The highest BCUT2D eigenvalue weighted by atomic mass is 32.2. The van der Waals surface area contributed by atoms with Crippen molar-refractivity contribution in [2.45, 2.75) is 31.7 Å². The first-order valence-electron chi connectivity index (χ1n) is 5.97. The van der Waals surface area contributed by atoms with Gasteiger partial charge in [0, 0.05) is 17.5 Å². The molecule has 1 aromatic carbocycles. The number of thioether (sulfide) groups is 1. The maximum absolute atomic E-state index is 11.7. The Bertz CT molecular complexity index is 573. The lowest BCUT2D eigenvalue weighted by Gasteiger charge is -2.13. The van der Waals surface area contributed by atoms with Crippen LogP contribution in [0.5, 0.6) is 0 Å². The van der Waals surface area contributed by atoms with E-state index in [1.807, 2.05) is 25.1 Å². The molecule has 0 spiro atoms. The summed E-state index contributed by atoms with van der Waals surface area (Å²) in [5.74, 6) is 0.455. The van der Waals surface area contributed by atoms with Crippen LogP contribution >= 0.6 is 11.8 Å². The summed E-state index contributed by atoms with van der Waals surface area (Å²) in [5.41, 5.74) is 1.45. The van der Waals surface area contributed by atoms with Crippen LogP contribution < -0.4 is 5.76 Å². The Morgan fingerprint density at radius 3 is 2.83 bits per heavy atom. The molecular weight excluding hydrogens is 250 g/mol. The molecule has 0 saturated heterocycles. The number of fused-ring (bicyclic) bond motifs is 1. The fourth-order valence-corrected chi connectivity index (χ4v) is 2.63. The Morgan fingerprint density at radius 2 is 2.11 bits per heavy atom. The monoisotopic (exact) mass is 267 g/mol. The van der Waals surface area contributed by atoms with Crippen LogP contribution in [0.2, 0.25) is 0 Å². The van der Waals surface area contributed by atoms with Gasteiger partial charge < -0.3 is 9.52 Å². The van der Waals surface area contributed by atoms with E-state index in [-0.39, 0.29) is 17.1 Å². The van der Waals surface area contributed by atoms with Gasteiger partial charge in [0.2, 0.25) is 0 Å². The summed E-state index contributed by atoms with van der Waals surface area (Å²) in [7, 11) is 0. The fourth-order valence-electron chi connectivity index (χ4n) is 1.69. The van der Waals surface area contributed by atoms with Crippen LogP contribution in [0.1, 0.15) is 13.8 Å². The summed E-state index contributed by atoms with van der Waals surface area (Å²) >= 11 is 1.65. The van der Waals surface area contributed by atoms with E-state index in [1.54, 1.807) is 29.3 Å². The highest BCUT2D eigenvalue weighted by molar-refractivity contribution is 7.99. The van der Waals surface area contributed by atoms with Crippen molar-refractivity contribution in [3.8, 4) is 0 Å². The van der Waals surface area contributed by atoms with E-state index in [9.17, 15) is 9.90 Å². The molecule has 0 fully saturated rings. The molecule has 0 amide bonds. The van der Waals surface area contributed by atoms with Gasteiger partial charge in [-0.2, -0.15) is 11.8 Å². The quantitative estimate of drug-likeness (QED) is 0.901. The lowest BCUT2D eigenvalue weighted by Crippen LogP contribution is -2.19. The molecule has 1 N–H and O–H groups in total. The average molecular weight is 267 g/mol. The van der Waals surface area contributed by atoms with Crippen LogP contribution in [-0.4, -0.2) is 26.8 Å². The molecule has 18 heavy (non-hydrogen) atoms. The van der Waals surface area contributed by atoms with Gasteiger partial charge in [-0.15, -0.1) is 0 Å². The zero-order chi connectivity index (χ0) is 13.1. The number of hydrogen-bond donors (Lipinski definition) is 1. The number of oxazole rings is 1. The summed E-state index contributed by atoms with van der Waals surface area (Å²) in [5, 5.41) is 9.56. The van der Waals surface area contributed by atoms with Gasteiger partial charge >= 0.3 is 5.76 Å². The Balaban J connectivity index is 2.08. The molecule has 98 valence electrons. The lowest BCUT2D eigenvalue weighted by molar-refractivity contribution is 0.196. The molecule has 0 bridgehead atoms. The summed E-state index contributed by atoms with van der Waals surface area (Å²) < 4.78 is 6.79. The van der Waals surface area contributed by atoms with Gasteiger partial charge in [0.05, 0.1) is 11.6 Å². The Hall–Kier alpha value is -1.20. The first-order chi connectivity index (χ1) is 8.59. The zero-order valence-corrected chi connectivity index (χ0v) is 11.3. The van der Waals surface area contributed by atoms with Crippen molar-refractivity contribution in [3.63, 3.8) is 0 Å². The number of hydrogen-bond acceptors (Lipinski definition) is 4. The van der Waals surface area contributed by atoms with Crippen LogP contribution in [0.3, 0.4) is 0 Å². The van der Waals surface area contributed by atoms with Crippen LogP contribution in [0, 0.1) is 0 Å². The number of aliphatic hydroxyl groups excluding tert-OH is 1. The van der Waals surface area contributed by atoms with Gasteiger partial charge in [-0.25, -0.2) is 4.79 Å². The normalized spacial score (nSPS) is 14.8. The number of rotatable bonds is 5. The number of benzene rings is 1. The number of aliphatic hydroxyl groups is 1. The molecule has 0 radical (unpaired) electrons. The number of aryl methyl sites for hydroxylation is 1. The van der Waals surface area contributed by atoms with E-state index < -0.39 is 0 Å². The molecule has 2 aromatic rings. The average Bonchev–Trinajstić information content (AvgIpc) is 2.65. The first-order valence-corrected chi connectivity index (χ1v) is 7.02. The largest absolute Gasteiger partial charge is 0.419 e. The molecule has 0 aliphatic rings. The number of aromatic nitrogens is 1. The van der Waals surface area contributed by atoms with E-state index in [0.29, 0.717) is 12.1 Å². The summed E-state index contributed by atoms with van der Waals surface area (Å²) in [4.78, 5) is 11.7. The molecule has 1 heterocycles. The van der Waals surface area contributed by atoms with E-state index in [4.69, 9.17) is 4.42 Å². The van der Waals surface area contributed by atoms with Gasteiger partial charge in [0.1, 0.15) is 0 Å². The van der Waals surface area contributed by atoms with Crippen molar-refractivity contribution in [2.24, 2.45) is 0 Å². The second-order valence-electron chi connectivity index (χ2n) is 4.30. The standard InChI is InChI=1S/C13H17NO3S/c1-9(15)10(2)18-8-7-14-11-5-3-4-6-12(11)17-13(14)16/h3-6,9-10,15H,7-8H2,1-2H3. The first kappa shape index (κ1) is 13.2. The highest BCUT2D eigenvalue weighted by Gasteiger charge is 2.11. The molecule has 2 unspecified atom stereocenters. The second kappa shape index (κ2) is 5.63. The zero-order valence-electron chi connectivity index (χ0n) is 10.5. The smallest absolute Gasteiger partial charge is 0.408 e. The maximum Gasteiger partial charge on any atom is 0.419 e. The summed E-state index contributed by atoms with van der Waals surface area (Å²) in [6.07, 6.45) is -0.340. The van der Waals surface area contributed by atoms with E-state index >= 15 is 0 Å². The molecule has 2 rings (SSSR count). The number of para-hydroxylation sites is 2. The Kier molecular flexibility index (Phi) is 4.14. The molecule has 5 heteroatoms. The predicted octanol–water partition coefficient (Wildman–Crippen LogP) is 2.10. The molecular formula is C13H17NO3S. The topological polar surface area (TPSA) is 55.4 Å². The summed E-state index contributed by atoms with van der Waals surface area (Å²) in [6.45, 7) is 4.35. The predicted molar refractivity (Wildman–Crippen MR) is 74.1 cm³/mol. The second-order valence-corrected chi connectivity index (χ2v) is 5.79. The molecule has 4 nitrogen and oxygen atoms in total. The molecule has 1 aromatic heterocycles. The van der Waals surface area contributed by atoms with E-state index in [1.165, 1.54) is 0 Å². The van der Waals surface area contributed by atoms with Crippen LogP contribution in [-0.2, 0) is 6.54 Å². The minimum absolute atomic E-state index is 0.166. The van der Waals surface area contributed by atoms with Crippen molar-refractivity contribution < 1.29 is 9.52 Å². The molecule has 2 atom stereocenters. The van der Waals surface area contributed by atoms with Gasteiger partial charge in [-0.05, 0) is 19.1 Å². The van der Waals surface area contributed by atoms with Gasteiger partial charge in [-0.1, -0.05) is 19.1 Å². The van der Waals surface area contributed by atoms with E-state index in [0.717, 1.165) is 11.3 Å². The third kappa shape index (κ3) is 2.79. The van der Waals surface area contributed by atoms with Crippen molar-refractivity contribution in [3.05, 3.63) is 34.8 Å². The van der Waals surface area contributed by atoms with Gasteiger partial charge in [-0.3, -0.25) is 4.57 Å².